The highest BCUT2D eigenvalue weighted by molar-refractivity contribution is 5.29. The molecule has 0 amide bonds. The molecule has 0 saturated heterocycles. The summed E-state index contributed by atoms with van der Waals surface area (Å²) in [5, 5.41) is 0. The predicted octanol–water partition coefficient (Wildman–Crippen LogP) is 7.24. The van der Waals surface area contributed by atoms with Crippen LogP contribution in [0.15, 0.2) is 54.6 Å². The molecule has 4 aliphatic rings. The molecular weight excluding hydrogens is 392 g/mol. The quantitative estimate of drug-likeness (QED) is 0.325. The molecule has 4 saturated carbocycles. The lowest BCUT2D eigenvalue weighted by Gasteiger charge is -2.39. The summed E-state index contributed by atoms with van der Waals surface area (Å²) in [7, 11) is 0. The number of rotatable bonds is 8. The Kier molecular flexibility index (Phi) is 5.53. The van der Waals surface area contributed by atoms with Crippen molar-refractivity contribution in [2.45, 2.75) is 77.1 Å². The average Bonchev–Trinajstić information content (AvgIpc) is 3.60. The summed E-state index contributed by atoms with van der Waals surface area (Å²) in [5.41, 5.74) is 2.67. The van der Waals surface area contributed by atoms with Gasteiger partial charge in [0.1, 0.15) is 5.75 Å². The molecule has 0 N–H and O–H groups in total. The van der Waals surface area contributed by atoms with Gasteiger partial charge in [0.15, 0.2) is 0 Å². The Balaban J connectivity index is 1.18. The van der Waals surface area contributed by atoms with Crippen molar-refractivity contribution in [2.24, 2.45) is 35.5 Å². The minimum absolute atomic E-state index is 0.215. The average molecular weight is 431 g/mol. The van der Waals surface area contributed by atoms with Crippen molar-refractivity contribution >= 4 is 0 Å². The van der Waals surface area contributed by atoms with E-state index in [1.165, 1.54) is 43.2 Å². The fourth-order valence-corrected chi connectivity index (χ4v) is 8.04. The molecule has 4 fully saturated rings. The standard InChI is InChI=1S/C30H38O2/c1-3-19(2)21-11-13-25(14-12-21)31-28(15-20-7-5-4-6-8-20)32-27-18-24-17-26(27)30-23-10-9-22(16-23)29(24)30/h4-8,11-14,19,22-24,26-30H,3,9-10,15-18H2,1-2H3. The first-order chi connectivity index (χ1) is 15.7. The van der Waals surface area contributed by atoms with E-state index in [1.807, 2.05) is 0 Å². The van der Waals surface area contributed by atoms with Crippen LogP contribution in [0.2, 0.25) is 0 Å². The summed E-state index contributed by atoms with van der Waals surface area (Å²) >= 11 is 0. The lowest BCUT2D eigenvalue weighted by Crippen LogP contribution is -2.39. The topological polar surface area (TPSA) is 18.5 Å². The molecular formula is C30H38O2. The van der Waals surface area contributed by atoms with E-state index in [4.69, 9.17) is 9.47 Å². The van der Waals surface area contributed by atoms with Crippen LogP contribution in [0.1, 0.15) is 69.4 Å². The Labute approximate surface area is 193 Å². The van der Waals surface area contributed by atoms with Crippen LogP contribution < -0.4 is 4.74 Å². The van der Waals surface area contributed by atoms with Gasteiger partial charge in [0.05, 0.1) is 6.10 Å². The third-order valence-electron chi connectivity index (χ3n) is 9.57. The van der Waals surface area contributed by atoms with Gasteiger partial charge in [-0.15, -0.1) is 0 Å². The van der Waals surface area contributed by atoms with Crippen molar-refractivity contribution in [1.82, 2.24) is 0 Å². The van der Waals surface area contributed by atoms with Crippen LogP contribution >= 0.6 is 0 Å². The summed E-state index contributed by atoms with van der Waals surface area (Å²) in [6.07, 6.45) is 9.31. The third kappa shape index (κ3) is 3.69. The fraction of sp³-hybridized carbons (Fsp3) is 0.600. The normalized spacial score (nSPS) is 36.2. The second kappa shape index (κ2) is 8.52. The van der Waals surface area contributed by atoms with Gasteiger partial charge in [-0.2, -0.15) is 0 Å². The summed E-state index contributed by atoms with van der Waals surface area (Å²) in [6.45, 7) is 4.53. The van der Waals surface area contributed by atoms with Gasteiger partial charge >= 0.3 is 0 Å². The first-order valence-corrected chi connectivity index (χ1v) is 13.2. The lowest BCUT2D eigenvalue weighted by molar-refractivity contribution is -0.146. The van der Waals surface area contributed by atoms with E-state index in [0.29, 0.717) is 12.0 Å². The van der Waals surface area contributed by atoms with Crippen LogP contribution in [0.4, 0.5) is 0 Å². The van der Waals surface area contributed by atoms with E-state index in [9.17, 15) is 0 Å². The summed E-state index contributed by atoms with van der Waals surface area (Å²) in [5.74, 6) is 7.22. The van der Waals surface area contributed by atoms with Gasteiger partial charge in [-0.05, 0) is 103 Å². The largest absolute Gasteiger partial charge is 0.465 e. The minimum Gasteiger partial charge on any atom is -0.465 e. The molecule has 170 valence electrons. The van der Waals surface area contributed by atoms with E-state index < -0.39 is 0 Å². The predicted molar refractivity (Wildman–Crippen MR) is 129 cm³/mol. The molecule has 0 radical (unpaired) electrons. The summed E-state index contributed by atoms with van der Waals surface area (Å²) in [4.78, 5) is 0. The molecule has 6 rings (SSSR count). The number of fused-ring (bicyclic) bond motifs is 9. The maximum atomic E-state index is 6.85. The van der Waals surface area contributed by atoms with Gasteiger partial charge in [-0.3, -0.25) is 0 Å². The van der Waals surface area contributed by atoms with E-state index in [1.54, 1.807) is 0 Å². The maximum absolute atomic E-state index is 6.85. The Bertz CT molecular complexity index is 906. The molecule has 9 unspecified atom stereocenters. The molecule has 32 heavy (non-hydrogen) atoms. The first kappa shape index (κ1) is 20.8. The van der Waals surface area contributed by atoms with E-state index in [0.717, 1.165) is 54.1 Å². The minimum atomic E-state index is -0.215. The van der Waals surface area contributed by atoms with Crippen LogP contribution in [0.5, 0.6) is 5.75 Å². The van der Waals surface area contributed by atoms with Gasteiger partial charge in [0, 0.05) is 6.42 Å². The van der Waals surface area contributed by atoms with Crippen molar-refractivity contribution in [1.29, 1.82) is 0 Å². The molecule has 2 nitrogen and oxygen atoms in total. The van der Waals surface area contributed by atoms with Crippen LogP contribution in [-0.2, 0) is 11.2 Å². The molecule has 2 aromatic carbocycles. The van der Waals surface area contributed by atoms with Crippen LogP contribution in [0, 0.1) is 35.5 Å². The van der Waals surface area contributed by atoms with Crippen LogP contribution in [0.3, 0.4) is 0 Å². The molecule has 0 heterocycles. The molecule has 4 aliphatic carbocycles. The zero-order valence-corrected chi connectivity index (χ0v) is 19.7. The fourth-order valence-electron chi connectivity index (χ4n) is 8.04. The van der Waals surface area contributed by atoms with Crippen molar-refractivity contribution in [3.8, 4) is 5.75 Å². The highest BCUT2D eigenvalue weighted by Gasteiger charge is 2.62. The lowest BCUT2D eigenvalue weighted by atomic mass is 9.70. The van der Waals surface area contributed by atoms with Crippen LogP contribution in [-0.4, -0.2) is 12.4 Å². The molecule has 0 aliphatic heterocycles. The zero-order chi connectivity index (χ0) is 21.7. The third-order valence-corrected chi connectivity index (χ3v) is 9.57. The highest BCUT2D eigenvalue weighted by Crippen LogP contribution is 2.67. The van der Waals surface area contributed by atoms with E-state index >= 15 is 0 Å². The summed E-state index contributed by atoms with van der Waals surface area (Å²) < 4.78 is 13.4. The van der Waals surface area contributed by atoms with E-state index in [2.05, 4.69) is 68.4 Å². The molecule has 4 bridgehead atoms. The SMILES string of the molecule is CCC(C)c1ccc(OC(Cc2ccccc2)OC2CC3CC2C2C4CCC(C4)C32)cc1. The Hall–Kier alpha value is -1.80. The molecule has 2 heteroatoms. The van der Waals surface area contributed by atoms with Crippen molar-refractivity contribution in [3.63, 3.8) is 0 Å². The highest BCUT2D eigenvalue weighted by atomic mass is 16.7. The molecule has 0 aromatic heterocycles. The molecule has 9 atom stereocenters. The second-order valence-corrected chi connectivity index (χ2v) is 11.2. The summed E-state index contributed by atoms with van der Waals surface area (Å²) in [6, 6.07) is 19.4. The van der Waals surface area contributed by atoms with Gasteiger partial charge in [0.25, 0.3) is 0 Å². The monoisotopic (exact) mass is 430 g/mol. The second-order valence-electron chi connectivity index (χ2n) is 11.2. The first-order valence-electron chi connectivity index (χ1n) is 13.2. The molecule has 2 aromatic rings. The number of benzene rings is 2. The zero-order valence-electron chi connectivity index (χ0n) is 19.7. The van der Waals surface area contributed by atoms with Gasteiger partial charge in [-0.25, -0.2) is 0 Å². The van der Waals surface area contributed by atoms with E-state index in [-0.39, 0.29) is 6.29 Å². The molecule has 0 spiro atoms. The van der Waals surface area contributed by atoms with Crippen molar-refractivity contribution in [2.75, 3.05) is 0 Å². The smallest absolute Gasteiger partial charge is 0.204 e. The van der Waals surface area contributed by atoms with Crippen molar-refractivity contribution in [3.05, 3.63) is 65.7 Å². The maximum Gasteiger partial charge on any atom is 0.204 e. The van der Waals surface area contributed by atoms with Gasteiger partial charge in [0.2, 0.25) is 6.29 Å². The number of hydrogen-bond acceptors (Lipinski definition) is 2. The van der Waals surface area contributed by atoms with Crippen molar-refractivity contribution < 1.29 is 9.47 Å². The Morgan fingerprint density at radius 3 is 2.34 bits per heavy atom. The Morgan fingerprint density at radius 1 is 0.844 bits per heavy atom. The Morgan fingerprint density at radius 2 is 1.59 bits per heavy atom. The van der Waals surface area contributed by atoms with Crippen LogP contribution in [0.25, 0.3) is 0 Å². The number of hydrogen-bond donors (Lipinski definition) is 0. The van der Waals surface area contributed by atoms with Gasteiger partial charge < -0.3 is 9.47 Å². The van der Waals surface area contributed by atoms with Gasteiger partial charge in [-0.1, -0.05) is 56.3 Å². The number of ether oxygens (including phenoxy) is 2.